The van der Waals surface area contributed by atoms with Crippen LogP contribution in [0.3, 0.4) is 0 Å². The number of benzene rings is 3. The van der Waals surface area contributed by atoms with Crippen molar-refractivity contribution in [1.29, 1.82) is 0 Å². The second-order valence-corrected chi connectivity index (χ2v) is 5.47. The molecule has 0 saturated heterocycles. The third-order valence-electron chi connectivity index (χ3n) is 3.88. The Labute approximate surface area is 141 Å². The SMILES string of the molecule is O=C(O)/C(=C\c1ccccc1C(F)(F)F)c1cccc2ccccc12. The molecular formula is C20H13F3O2. The zero-order chi connectivity index (χ0) is 18.0. The quantitative estimate of drug-likeness (QED) is 0.505. The van der Waals surface area contributed by atoms with Gasteiger partial charge in [0, 0.05) is 0 Å². The molecule has 3 aromatic carbocycles. The maximum Gasteiger partial charge on any atom is 0.416 e. The highest BCUT2D eigenvalue weighted by Crippen LogP contribution is 2.34. The third kappa shape index (κ3) is 3.40. The zero-order valence-corrected chi connectivity index (χ0v) is 12.9. The topological polar surface area (TPSA) is 37.3 Å². The van der Waals surface area contributed by atoms with Gasteiger partial charge < -0.3 is 5.11 Å². The van der Waals surface area contributed by atoms with E-state index in [1.165, 1.54) is 18.2 Å². The smallest absolute Gasteiger partial charge is 0.416 e. The summed E-state index contributed by atoms with van der Waals surface area (Å²) in [6.45, 7) is 0. The first-order chi connectivity index (χ1) is 11.9. The summed E-state index contributed by atoms with van der Waals surface area (Å²) in [5.74, 6) is -1.28. The van der Waals surface area contributed by atoms with Crippen molar-refractivity contribution < 1.29 is 23.1 Å². The Hall–Kier alpha value is -3.08. The number of hydrogen-bond acceptors (Lipinski definition) is 1. The number of hydrogen-bond donors (Lipinski definition) is 1. The lowest BCUT2D eigenvalue weighted by atomic mass is 9.95. The number of halogens is 3. The Balaban J connectivity index is 2.25. The summed E-state index contributed by atoms with van der Waals surface area (Å²) in [6.07, 6.45) is -3.48. The number of carbonyl (C=O) groups is 1. The van der Waals surface area contributed by atoms with Crippen LogP contribution in [-0.2, 0) is 11.0 Å². The highest BCUT2D eigenvalue weighted by atomic mass is 19.4. The molecule has 2 nitrogen and oxygen atoms in total. The van der Waals surface area contributed by atoms with E-state index in [2.05, 4.69) is 0 Å². The molecule has 0 aliphatic heterocycles. The highest BCUT2D eigenvalue weighted by Gasteiger charge is 2.32. The van der Waals surface area contributed by atoms with Gasteiger partial charge in [-0.3, -0.25) is 0 Å². The van der Waals surface area contributed by atoms with Gasteiger partial charge in [-0.1, -0.05) is 60.7 Å². The standard InChI is InChI=1S/C20H13F3O2/c21-20(22,23)18-11-4-2-7-14(18)12-17(19(24)25)16-10-5-8-13-6-1-3-9-15(13)16/h1-12H,(H,24,25)/b17-12-. The molecule has 0 bridgehead atoms. The summed E-state index contributed by atoms with van der Waals surface area (Å²) < 4.78 is 39.5. The van der Waals surface area contributed by atoms with Crippen LogP contribution in [0, 0.1) is 0 Å². The fourth-order valence-corrected chi connectivity index (χ4v) is 2.75. The van der Waals surface area contributed by atoms with Crippen molar-refractivity contribution in [1.82, 2.24) is 0 Å². The Kier molecular flexibility index (Phi) is 4.31. The van der Waals surface area contributed by atoms with E-state index >= 15 is 0 Å². The lowest BCUT2D eigenvalue weighted by Gasteiger charge is -2.12. The molecule has 0 amide bonds. The molecule has 3 aromatic rings. The minimum Gasteiger partial charge on any atom is -0.478 e. The van der Waals surface area contributed by atoms with E-state index in [-0.39, 0.29) is 11.1 Å². The van der Waals surface area contributed by atoms with Crippen LogP contribution in [0.2, 0.25) is 0 Å². The molecule has 0 fully saturated rings. The molecule has 25 heavy (non-hydrogen) atoms. The van der Waals surface area contributed by atoms with Gasteiger partial charge in [0.15, 0.2) is 0 Å². The van der Waals surface area contributed by atoms with E-state index < -0.39 is 17.7 Å². The molecule has 0 heterocycles. The van der Waals surface area contributed by atoms with Crippen LogP contribution in [0.5, 0.6) is 0 Å². The van der Waals surface area contributed by atoms with Gasteiger partial charge in [0.05, 0.1) is 11.1 Å². The van der Waals surface area contributed by atoms with E-state index in [4.69, 9.17) is 0 Å². The Morgan fingerprint density at radius 1 is 0.880 bits per heavy atom. The molecule has 1 N–H and O–H groups in total. The van der Waals surface area contributed by atoms with E-state index in [9.17, 15) is 23.1 Å². The average Bonchev–Trinajstić information content (AvgIpc) is 2.58. The van der Waals surface area contributed by atoms with Crippen LogP contribution in [0.4, 0.5) is 13.2 Å². The number of fused-ring (bicyclic) bond motifs is 1. The van der Waals surface area contributed by atoms with Crippen LogP contribution in [0.1, 0.15) is 16.7 Å². The normalized spacial score (nSPS) is 12.4. The van der Waals surface area contributed by atoms with Gasteiger partial charge >= 0.3 is 12.1 Å². The summed E-state index contributed by atoms with van der Waals surface area (Å²) in [5.41, 5.74) is -0.856. The molecule has 0 atom stereocenters. The second kappa shape index (κ2) is 6.43. The van der Waals surface area contributed by atoms with Crippen molar-refractivity contribution in [2.75, 3.05) is 0 Å². The van der Waals surface area contributed by atoms with Crippen molar-refractivity contribution in [2.45, 2.75) is 6.18 Å². The fraction of sp³-hybridized carbons (Fsp3) is 0.0500. The van der Waals surface area contributed by atoms with E-state index in [1.54, 1.807) is 24.3 Å². The molecule has 5 heteroatoms. The first kappa shape index (κ1) is 16.8. The summed E-state index contributed by atoms with van der Waals surface area (Å²) in [5, 5.41) is 11.1. The Morgan fingerprint density at radius 3 is 2.24 bits per heavy atom. The van der Waals surface area contributed by atoms with Gasteiger partial charge in [-0.25, -0.2) is 4.79 Å². The molecule has 0 aliphatic rings. The second-order valence-electron chi connectivity index (χ2n) is 5.47. The van der Waals surface area contributed by atoms with Gasteiger partial charge in [-0.15, -0.1) is 0 Å². The molecule has 0 aromatic heterocycles. The van der Waals surface area contributed by atoms with E-state index in [1.807, 2.05) is 18.2 Å². The van der Waals surface area contributed by atoms with Crippen molar-refractivity contribution in [3.8, 4) is 0 Å². The maximum absolute atomic E-state index is 13.2. The largest absolute Gasteiger partial charge is 0.478 e. The van der Waals surface area contributed by atoms with Crippen molar-refractivity contribution in [2.24, 2.45) is 0 Å². The lowest BCUT2D eigenvalue weighted by molar-refractivity contribution is -0.137. The van der Waals surface area contributed by atoms with Crippen LogP contribution in [0.25, 0.3) is 22.4 Å². The number of rotatable bonds is 3. The van der Waals surface area contributed by atoms with Gasteiger partial charge in [0.25, 0.3) is 0 Å². The number of alkyl halides is 3. The van der Waals surface area contributed by atoms with Gasteiger partial charge in [-0.05, 0) is 34.0 Å². The van der Waals surface area contributed by atoms with E-state index in [0.717, 1.165) is 17.5 Å². The minimum absolute atomic E-state index is 0.180. The van der Waals surface area contributed by atoms with Gasteiger partial charge in [0.2, 0.25) is 0 Å². The molecule has 0 radical (unpaired) electrons. The fourth-order valence-electron chi connectivity index (χ4n) is 2.75. The first-order valence-corrected chi connectivity index (χ1v) is 7.47. The minimum atomic E-state index is -4.56. The van der Waals surface area contributed by atoms with Crippen molar-refractivity contribution in [3.63, 3.8) is 0 Å². The Bertz CT molecular complexity index is 967. The molecule has 0 aliphatic carbocycles. The predicted octanol–water partition coefficient (Wildman–Crippen LogP) is 5.48. The summed E-state index contributed by atoms with van der Waals surface area (Å²) in [4.78, 5) is 11.8. The van der Waals surface area contributed by atoms with Crippen LogP contribution in [0.15, 0.2) is 66.7 Å². The summed E-state index contributed by atoms with van der Waals surface area (Å²) in [7, 11) is 0. The monoisotopic (exact) mass is 342 g/mol. The highest BCUT2D eigenvalue weighted by molar-refractivity contribution is 6.24. The summed E-state index contributed by atoms with van der Waals surface area (Å²) in [6, 6.07) is 17.2. The zero-order valence-electron chi connectivity index (χ0n) is 12.9. The molecular weight excluding hydrogens is 329 g/mol. The van der Waals surface area contributed by atoms with Crippen molar-refractivity contribution in [3.05, 3.63) is 83.4 Å². The number of carboxylic acids is 1. The number of aliphatic carboxylic acids is 1. The predicted molar refractivity (Wildman–Crippen MR) is 90.9 cm³/mol. The molecule has 0 spiro atoms. The Morgan fingerprint density at radius 2 is 1.52 bits per heavy atom. The first-order valence-electron chi connectivity index (χ1n) is 7.47. The van der Waals surface area contributed by atoms with Crippen LogP contribution < -0.4 is 0 Å². The van der Waals surface area contributed by atoms with E-state index in [0.29, 0.717) is 10.9 Å². The molecule has 126 valence electrons. The van der Waals surface area contributed by atoms with Gasteiger partial charge in [0.1, 0.15) is 0 Å². The lowest BCUT2D eigenvalue weighted by Crippen LogP contribution is -2.08. The van der Waals surface area contributed by atoms with Crippen LogP contribution >= 0.6 is 0 Å². The molecule has 3 rings (SSSR count). The molecule has 0 unspecified atom stereocenters. The molecule has 0 saturated carbocycles. The average molecular weight is 342 g/mol. The van der Waals surface area contributed by atoms with Crippen molar-refractivity contribution >= 4 is 28.4 Å². The maximum atomic E-state index is 13.2. The van der Waals surface area contributed by atoms with Gasteiger partial charge in [-0.2, -0.15) is 13.2 Å². The summed E-state index contributed by atoms with van der Waals surface area (Å²) >= 11 is 0. The van der Waals surface area contributed by atoms with Crippen LogP contribution in [-0.4, -0.2) is 11.1 Å². The number of carboxylic acid groups (broad SMARTS) is 1. The third-order valence-corrected chi connectivity index (χ3v) is 3.88.